The lowest BCUT2D eigenvalue weighted by Gasteiger charge is -2.22. The molecule has 7 nitrogen and oxygen atoms in total. The maximum atomic E-state index is 13.3. The summed E-state index contributed by atoms with van der Waals surface area (Å²) in [4.78, 5) is 28.1. The summed E-state index contributed by atoms with van der Waals surface area (Å²) in [5.41, 5.74) is 0.721. The van der Waals surface area contributed by atoms with E-state index in [4.69, 9.17) is 0 Å². The number of carbonyl (C=O) groups is 2. The molecule has 1 aromatic heterocycles. The molecule has 0 spiro atoms. The quantitative estimate of drug-likeness (QED) is 0.847. The zero-order valence-electron chi connectivity index (χ0n) is 14.7. The molecule has 2 aliphatic heterocycles. The molecule has 0 radical (unpaired) electrons. The van der Waals surface area contributed by atoms with Crippen LogP contribution in [0.1, 0.15) is 31.2 Å². The van der Waals surface area contributed by atoms with Gasteiger partial charge in [-0.15, -0.1) is 10.2 Å². The number of benzene rings is 1. The SMILES string of the molecule is O=C(NCc1cccc(F)c1)C1CCCN1c1nnc(N2CCCC2=O)s1. The predicted octanol–water partition coefficient (Wildman–Crippen LogP) is 2.09. The van der Waals surface area contributed by atoms with Gasteiger partial charge in [0.25, 0.3) is 0 Å². The van der Waals surface area contributed by atoms with E-state index in [1.807, 2.05) is 4.90 Å². The molecule has 2 saturated heterocycles. The molecule has 1 N–H and O–H groups in total. The molecule has 142 valence electrons. The van der Waals surface area contributed by atoms with Crippen molar-refractivity contribution in [3.8, 4) is 0 Å². The van der Waals surface area contributed by atoms with Crippen molar-refractivity contribution in [3.05, 3.63) is 35.6 Å². The van der Waals surface area contributed by atoms with Crippen LogP contribution in [0.15, 0.2) is 24.3 Å². The summed E-state index contributed by atoms with van der Waals surface area (Å²) in [6.45, 7) is 1.68. The molecule has 2 aliphatic rings. The van der Waals surface area contributed by atoms with E-state index in [1.165, 1.54) is 23.5 Å². The monoisotopic (exact) mass is 389 g/mol. The van der Waals surface area contributed by atoms with Gasteiger partial charge in [0.05, 0.1) is 0 Å². The lowest BCUT2D eigenvalue weighted by Crippen LogP contribution is -2.43. The summed E-state index contributed by atoms with van der Waals surface area (Å²) >= 11 is 1.35. The van der Waals surface area contributed by atoms with Gasteiger partial charge in [0.15, 0.2) is 0 Å². The Morgan fingerprint density at radius 3 is 2.89 bits per heavy atom. The fraction of sp³-hybridized carbons (Fsp3) is 0.444. The second kappa shape index (κ2) is 7.59. The summed E-state index contributed by atoms with van der Waals surface area (Å²) in [5.74, 6) is -0.351. The van der Waals surface area contributed by atoms with E-state index < -0.39 is 0 Å². The first-order valence-electron chi connectivity index (χ1n) is 9.04. The standard InChI is InChI=1S/C18H20FN5O2S/c19-13-5-1-4-12(10-13)11-20-16(26)14-6-2-8-23(14)17-21-22-18(27-17)24-9-3-7-15(24)25/h1,4-5,10,14H,2-3,6-9,11H2,(H,20,26). The first-order valence-corrected chi connectivity index (χ1v) is 9.86. The molecule has 27 heavy (non-hydrogen) atoms. The Hall–Kier alpha value is -2.55. The van der Waals surface area contributed by atoms with E-state index in [0.717, 1.165) is 31.4 Å². The third kappa shape index (κ3) is 3.78. The topological polar surface area (TPSA) is 78.4 Å². The van der Waals surface area contributed by atoms with Crippen LogP contribution in [0.4, 0.5) is 14.7 Å². The molecule has 1 atom stereocenters. The number of amides is 2. The second-order valence-electron chi connectivity index (χ2n) is 6.72. The van der Waals surface area contributed by atoms with Gasteiger partial charge in [-0.1, -0.05) is 23.5 Å². The molecule has 0 bridgehead atoms. The number of hydrogen-bond donors (Lipinski definition) is 1. The molecule has 3 heterocycles. The minimum atomic E-state index is -0.325. The van der Waals surface area contributed by atoms with Crippen LogP contribution < -0.4 is 15.1 Å². The van der Waals surface area contributed by atoms with Crippen molar-refractivity contribution < 1.29 is 14.0 Å². The molecule has 1 aromatic carbocycles. The van der Waals surface area contributed by atoms with E-state index in [9.17, 15) is 14.0 Å². The normalized spacial score (nSPS) is 19.7. The van der Waals surface area contributed by atoms with Gasteiger partial charge < -0.3 is 10.2 Å². The first kappa shape index (κ1) is 17.8. The van der Waals surface area contributed by atoms with Crippen LogP contribution in [0.2, 0.25) is 0 Å². The van der Waals surface area contributed by atoms with Crippen LogP contribution >= 0.6 is 11.3 Å². The van der Waals surface area contributed by atoms with Crippen LogP contribution in [0.25, 0.3) is 0 Å². The minimum absolute atomic E-state index is 0.0727. The van der Waals surface area contributed by atoms with Crippen LogP contribution in [0, 0.1) is 5.82 Å². The molecule has 2 fully saturated rings. The highest BCUT2D eigenvalue weighted by Gasteiger charge is 2.34. The van der Waals surface area contributed by atoms with Gasteiger partial charge in [-0.3, -0.25) is 14.5 Å². The van der Waals surface area contributed by atoms with E-state index in [-0.39, 0.29) is 30.2 Å². The van der Waals surface area contributed by atoms with Crippen molar-refractivity contribution in [1.29, 1.82) is 0 Å². The molecule has 9 heteroatoms. The number of nitrogens with one attached hydrogen (secondary N) is 1. The van der Waals surface area contributed by atoms with E-state index in [2.05, 4.69) is 15.5 Å². The minimum Gasteiger partial charge on any atom is -0.350 e. The van der Waals surface area contributed by atoms with E-state index >= 15 is 0 Å². The first-order chi connectivity index (χ1) is 13.1. The molecular weight excluding hydrogens is 369 g/mol. The van der Waals surface area contributed by atoms with Gasteiger partial charge in [0.2, 0.25) is 22.1 Å². The van der Waals surface area contributed by atoms with Crippen molar-refractivity contribution in [2.45, 2.75) is 38.3 Å². The largest absolute Gasteiger partial charge is 0.350 e. The second-order valence-corrected chi connectivity index (χ2v) is 7.65. The maximum Gasteiger partial charge on any atom is 0.243 e. The summed E-state index contributed by atoms with van der Waals surface area (Å²) in [7, 11) is 0. The molecule has 0 aliphatic carbocycles. The molecule has 2 amide bonds. The Labute approximate surface area is 160 Å². The number of rotatable bonds is 5. The Balaban J connectivity index is 1.42. The lowest BCUT2D eigenvalue weighted by atomic mass is 10.2. The number of aromatic nitrogens is 2. The Morgan fingerprint density at radius 2 is 2.11 bits per heavy atom. The Morgan fingerprint density at radius 1 is 1.26 bits per heavy atom. The Kier molecular flexibility index (Phi) is 5.02. The van der Waals surface area contributed by atoms with Gasteiger partial charge in [-0.05, 0) is 37.0 Å². The van der Waals surface area contributed by atoms with Gasteiger partial charge in [0.1, 0.15) is 11.9 Å². The van der Waals surface area contributed by atoms with Crippen LogP contribution in [-0.2, 0) is 16.1 Å². The van der Waals surface area contributed by atoms with Crippen LogP contribution in [0.3, 0.4) is 0 Å². The molecule has 0 saturated carbocycles. The third-order valence-corrected chi connectivity index (χ3v) is 5.85. The Bertz CT molecular complexity index is 858. The highest BCUT2D eigenvalue weighted by Crippen LogP contribution is 2.33. The van der Waals surface area contributed by atoms with Crippen molar-refractivity contribution >= 4 is 33.4 Å². The highest BCUT2D eigenvalue weighted by atomic mass is 32.1. The van der Waals surface area contributed by atoms with E-state index in [0.29, 0.717) is 23.2 Å². The van der Waals surface area contributed by atoms with Crippen molar-refractivity contribution in [2.24, 2.45) is 0 Å². The number of nitrogens with zero attached hydrogens (tertiary/aromatic N) is 4. The lowest BCUT2D eigenvalue weighted by molar-refractivity contribution is -0.122. The van der Waals surface area contributed by atoms with Crippen molar-refractivity contribution in [2.75, 3.05) is 22.9 Å². The molecule has 1 unspecified atom stereocenters. The number of carbonyl (C=O) groups excluding carboxylic acids is 2. The predicted molar refractivity (Wildman–Crippen MR) is 100 cm³/mol. The van der Waals surface area contributed by atoms with Crippen molar-refractivity contribution in [1.82, 2.24) is 15.5 Å². The summed E-state index contributed by atoms with van der Waals surface area (Å²) in [6.07, 6.45) is 2.99. The van der Waals surface area contributed by atoms with Gasteiger partial charge in [-0.2, -0.15) is 0 Å². The molecular formula is C18H20FN5O2S. The number of anilines is 2. The summed E-state index contributed by atoms with van der Waals surface area (Å²) in [5, 5.41) is 12.5. The fourth-order valence-electron chi connectivity index (χ4n) is 3.51. The molecule has 4 rings (SSSR count). The summed E-state index contributed by atoms with van der Waals surface area (Å²) < 4.78 is 13.3. The van der Waals surface area contributed by atoms with Crippen molar-refractivity contribution in [3.63, 3.8) is 0 Å². The zero-order chi connectivity index (χ0) is 18.8. The smallest absolute Gasteiger partial charge is 0.243 e. The average molecular weight is 389 g/mol. The fourth-order valence-corrected chi connectivity index (χ4v) is 4.47. The van der Waals surface area contributed by atoms with Crippen LogP contribution in [0.5, 0.6) is 0 Å². The van der Waals surface area contributed by atoms with Gasteiger partial charge >= 0.3 is 0 Å². The van der Waals surface area contributed by atoms with E-state index in [1.54, 1.807) is 17.0 Å². The van der Waals surface area contributed by atoms with Gasteiger partial charge in [0, 0.05) is 26.1 Å². The third-order valence-electron chi connectivity index (χ3n) is 4.86. The molecule has 2 aromatic rings. The highest BCUT2D eigenvalue weighted by molar-refractivity contribution is 7.19. The average Bonchev–Trinajstić information content (AvgIpc) is 3.39. The summed E-state index contributed by atoms with van der Waals surface area (Å²) in [6, 6.07) is 5.87. The van der Waals surface area contributed by atoms with Gasteiger partial charge in [-0.25, -0.2) is 4.39 Å². The maximum absolute atomic E-state index is 13.3. The zero-order valence-corrected chi connectivity index (χ0v) is 15.5. The number of hydrogen-bond acceptors (Lipinski definition) is 6. The number of halogens is 1. The van der Waals surface area contributed by atoms with Crippen LogP contribution in [-0.4, -0.2) is 41.1 Å².